The fraction of sp³-hybridized carbons (Fsp3) is 0.429. The Balaban J connectivity index is 2.33. The molecule has 0 aliphatic rings. The van der Waals surface area contributed by atoms with Crippen LogP contribution in [0, 0.1) is 17.6 Å². The summed E-state index contributed by atoms with van der Waals surface area (Å²) in [5.41, 5.74) is -0.492. The molecule has 0 saturated heterocycles. The average Bonchev–Trinajstić information content (AvgIpc) is 2.41. The van der Waals surface area contributed by atoms with E-state index in [1.165, 1.54) is 6.07 Å². The van der Waals surface area contributed by atoms with E-state index in [0.717, 1.165) is 12.1 Å². The van der Waals surface area contributed by atoms with Crippen molar-refractivity contribution in [3.63, 3.8) is 0 Å². The lowest BCUT2D eigenvalue weighted by atomic mass is 10.2. The van der Waals surface area contributed by atoms with E-state index < -0.39 is 23.2 Å². The van der Waals surface area contributed by atoms with Crippen LogP contribution in [0.25, 0.3) is 0 Å². The van der Waals surface area contributed by atoms with Gasteiger partial charge in [0.2, 0.25) is 11.8 Å². The second-order valence-corrected chi connectivity index (χ2v) is 4.95. The van der Waals surface area contributed by atoms with E-state index in [2.05, 4.69) is 16.0 Å². The van der Waals surface area contributed by atoms with Crippen LogP contribution in [0.5, 0.6) is 0 Å². The fourth-order valence-corrected chi connectivity index (χ4v) is 1.47. The zero-order chi connectivity index (χ0) is 15.8. The van der Waals surface area contributed by atoms with Crippen LogP contribution in [0.3, 0.4) is 0 Å². The second kappa shape index (κ2) is 8.31. The van der Waals surface area contributed by atoms with Gasteiger partial charge in [-0.05, 0) is 18.1 Å². The van der Waals surface area contributed by atoms with Crippen molar-refractivity contribution in [3.05, 3.63) is 29.8 Å². The van der Waals surface area contributed by atoms with E-state index in [-0.39, 0.29) is 19.0 Å². The van der Waals surface area contributed by atoms with E-state index in [0.29, 0.717) is 12.5 Å². The Labute approximate surface area is 122 Å². The predicted octanol–water partition coefficient (Wildman–Crippen LogP) is 1.27. The lowest BCUT2D eigenvalue weighted by Crippen LogP contribution is -2.38. The standard InChI is InChI=1S/C14H19F2N3O2/c1-9(2)6-18-12(20)7-17-8-13(21)19-14-10(15)4-3-5-11(14)16/h3-5,9,17H,6-8H2,1-2H3,(H,18,20)(H,19,21). The molecule has 0 spiro atoms. The summed E-state index contributed by atoms with van der Waals surface area (Å²) in [4.78, 5) is 22.9. The lowest BCUT2D eigenvalue weighted by Gasteiger charge is -2.09. The molecule has 0 aliphatic carbocycles. The van der Waals surface area contributed by atoms with Gasteiger partial charge in [0.25, 0.3) is 0 Å². The molecule has 1 rings (SSSR count). The smallest absolute Gasteiger partial charge is 0.238 e. The minimum Gasteiger partial charge on any atom is -0.355 e. The molecule has 1 aromatic rings. The molecule has 0 aliphatic heterocycles. The van der Waals surface area contributed by atoms with Crippen molar-refractivity contribution in [2.45, 2.75) is 13.8 Å². The van der Waals surface area contributed by atoms with Gasteiger partial charge in [-0.1, -0.05) is 19.9 Å². The highest BCUT2D eigenvalue weighted by molar-refractivity contribution is 5.92. The van der Waals surface area contributed by atoms with Crippen LogP contribution >= 0.6 is 0 Å². The topological polar surface area (TPSA) is 70.2 Å². The molecular weight excluding hydrogens is 280 g/mol. The molecule has 1 aromatic carbocycles. The van der Waals surface area contributed by atoms with Gasteiger partial charge in [0.1, 0.15) is 17.3 Å². The maximum absolute atomic E-state index is 13.3. The summed E-state index contributed by atoms with van der Waals surface area (Å²) in [5, 5.41) is 7.39. The Morgan fingerprint density at radius 2 is 1.67 bits per heavy atom. The molecule has 0 saturated carbocycles. The summed E-state index contributed by atoms with van der Waals surface area (Å²) in [5.74, 6) is -2.23. The van der Waals surface area contributed by atoms with Gasteiger partial charge in [-0.3, -0.25) is 14.9 Å². The third-order valence-electron chi connectivity index (χ3n) is 2.51. The van der Waals surface area contributed by atoms with Crippen molar-refractivity contribution in [1.82, 2.24) is 10.6 Å². The minimum atomic E-state index is -0.849. The van der Waals surface area contributed by atoms with Crippen LogP contribution in [-0.4, -0.2) is 31.4 Å². The zero-order valence-corrected chi connectivity index (χ0v) is 12.0. The molecule has 21 heavy (non-hydrogen) atoms. The summed E-state index contributed by atoms with van der Waals surface area (Å²) in [6.07, 6.45) is 0. The Kier molecular flexibility index (Phi) is 6.74. The van der Waals surface area contributed by atoms with Gasteiger partial charge >= 0.3 is 0 Å². The number of carbonyl (C=O) groups is 2. The molecule has 0 unspecified atom stereocenters. The summed E-state index contributed by atoms with van der Waals surface area (Å²) in [6, 6.07) is 3.30. The second-order valence-electron chi connectivity index (χ2n) is 4.95. The summed E-state index contributed by atoms with van der Waals surface area (Å²) < 4.78 is 26.6. The van der Waals surface area contributed by atoms with Crippen molar-refractivity contribution in [2.24, 2.45) is 5.92 Å². The number of halogens is 2. The third-order valence-corrected chi connectivity index (χ3v) is 2.51. The van der Waals surface area contributed by atoms with Gasteiger partial charge in [-0.15, -0.1) is 0 Å². The SMILES string of the molecule is CC(C)CNC(=O)CNCC(=O)Nc1c(F)cccc1F. The van der Waals surface area contributed by atoms with E-state index in [9.17, 15) is 18.4 Å². The van der Waals surface area contributed by atoms with Crippen molar-refractivity contribution < 1.29 is 18.4 Å². The number of para-hydroxylation sites is 1. The van der Waals surface area contributed by atoms with Crippen molar-refractivity contribution >= 4 is 17.5 Å². The number of anilines is 1. The summed E-state index contributed by atoms with van der Waals surface area (Å²) in [7, 11) is 0. The summed E-state index contributed by atoms with van der Waals surface area (Å²) in [6.45, 7) is 4.21. The highest BCUT2D eigenvalue weighted by Gasteiger charge is 2.11. The van der Waals surface area contributed by atoms with Gasteiger partial charge in [0.15, 0.2) is 0 Å². The molecule has 7 heteroatoms. The van der Waals surface area contributed by atoms with Crippen molar-refractivity contribution in [2.75, 3.05) is 25.0 Å². The third kappa shape index (κ3) is 6.31. The number of hydrogen-bond acceptors (Lipinski definition) is 3. The Morgan fingerprint density at radius 1 is 1.10 bits per heavy atom. The zero-order valence-electron chi connectivity index (χ0n) is 12.0. The van der Waals surface area contributed by atoms with Gasteiger partial charge in [0, 0.05) is 6.54 Å². The maximum atomic E-state index is 13.3. The molecule has 0 radical (unpaired) electrons. The van der Waals surface area contributed by atoms with Crippen molar-refractivity contribution in [3.8, 4) is 0 Å². The first-order chi connectivity index (χ1) is 9.90. The first-order valence-electron chi connectivity index (χ1n) is 6.61. The van der Waals surface area contributed by atoms with Gasteiger partial charge in [-0.2, -0.15) is 0 Å². The maximum Gasteiger partial charge on any atom is 0.238 e. The normalized spacial score (nSPS) is 10.5. The van der Waals surface area contributed by atoms with Gasteiger partial charge in [0.05, 0.1) is 13.1 Å². The van der Waals surface area contributed by atoms with E-state index in [4.69, 9.17) is 0 Å². The minimum absolute atomic E-state index is 0.0418. The van der Waals surface area contributed by atoms with E-state index >= 15 is 0 Å². The number of carbonyl (C=O) groups excluding carboxylic acids is 2. The Morgan fingerprint density at radius 3 is 2.24 bits per heavy atom. The molecular formula is C14H19F2N3O2. The molecule has 0 heterocycles. The van der Waals surface area contributed by atoms with Crippen LogP contribution in [0.4, 0.5) is 14.5 Å². The molecule has 3 N–H and O–H groups in total. The number of amides is 2. The largest absolute Gasteiger partial charge is 0.355 e. The number of nitrogens with one attached hydrogen (secondary N) is 3. The first kappa shape index (κ1) is 17.0. The van der Waals surface area contributed by atoms with Crippen LogP contribution in [0.15, 0.2) is 18.2 Å². The number of rotatable bonds is 7. The first-order valence-corrected chi connectivity index (χ1v) is 6.61. The molecule has 0 fully saturated rings. The van der Waals surface area contributed by atoms with E-state index in [1.54, 1.807) is 0 Å². The highest BCUT2D eigenvalue weighted by atomic mass is 19.1. The molecule has 0 bridgehead atoms. The lowest BCUT2D eigenvalue weighted by molar-refractivity contribution is -0.120. The molecule has 0 aromatic heterocycles. The van der Waals surface area contributed by atoms with Gasteiger partial charge in [-0.25, -0.2) is 8.78 Å². The van der Waals surface area contributed by atoms with Crippen LogP contribution < -0.4 is 16.0 Å². The van der Waals surface area contributed by atoms with Gasteiger partial charge < -0.3 is 10.6 Å². The monoisotopic (exact) mass is 299 g/mol. The number of hydrogen-bond donors (Lipinski definition) is 3. The van der Waals surface area contributed by atoms with Crippen LogP contribution in [-0.2, 0) is 9.59 Å². The molecule has 5 nitrogen and oxygen atoms in total. The highest BCUT2D eigenvalue weighted by Crippen LogP contribution is 2.17. The summed E-state index contributed by atoms with van der Waals surface area (Å²) >= 11 is 0. The number of benzene rings is 1. The van der Waals surface area contributed by atoms with E-state index in [1.807, 2.05) is 13.8 Å². The van der Waals surface area contributed by atoms with Crippen LogP contribution in [0.2, 0.25) is 0 Å². The molecule has 0 atom stereocenters. The van der Waals surface area contributed by atoms with Crippen molar-refractivity contribution in [1.29, 1.82) is 0 Å². The van der Waals surface area contributed by atoms with Crippen LogP contribution in [0.1, 0.15) is 13.8 Å². The molecule has 116 valence electrons. The Bertz CT molecular complexity index is 487. The predicted molar refractivity (Wildman–Crippen MR) is 75.7 cm³/mol. The molecule has 2 amide bonds. The average molecular weight is 299 g/mol. The quantitative estimate of drug-likeness (QED) is 0.710. The fourth-order valence-electron chi connectivity index (χ4n) is 1.47. The Hall–Kier alpha value is -2.02.